The van der Waals surface area contributed by atoms with Gasteiger partial charge in [0.15, 0.2) is 0 Å². The third kappa shape index (κ3) is 2.57. The van der Waals surface area contributed by atoms with E-state index in [2.05, 4.69) is 84.2 Å². The summed E-state index contributed by atoms with van der Waals surface area (Å²) in [5.74, 6) is 0. The Morgan fingerprint density at radius 1 is 0.750 bits per heavy atom. The Labute approximate surface area is 119 Å². The largest absolute Gasteiger partial charge is 0.388 e. The molecule has 3 aromatic rings. The molecule has 1 N–H and O–H groups in total. The van der Waals surface area contributed by atoms with Crippen LogP contribution in [0.25, 0.3) is 22.9 Å². The highest BCUT2D eigenvalue weighted by Crippen LogP contribution is 2.21. The summed E-state index contributed by atoms with van der Waals surface area (Å²) in [5, 5.41) is 5.70. The molecule has 0 aromatic heterocycles. The van der Waals surface area contributed by atoms with E-state index >= 15 is 0 Å². The molecule has 1 heteroatoms. The monoisotopic (exact) mass is 259 g/mol. The standard InChI is InChI=1S/C19H17N/c1-20-18-13-10-15(11-14-18)9-12-17-7-4-6-16-5-2-3-8-19(16)17/h2-14,20H,1H3. The van der Waals surface area contributed by atoms with Gasteiger partial charge in [0.05, 0.1) is 0 Å². The zero-order valence-electron chi connectivity index (χ0n) is 11.5. The molecule has 3 aromatic carbocycles. The van der Waals surface area contributed by atoms with E-state index in [-0.39, 0.29) is 0 Å². The molecule has 0 unspecified atom stereocenters. The number of anilines is 1. The molecule has 0 saturated heterocycles. The first-order valence-electron chi connectivity index (χ1n) is 6.80. The number of hydrogen-bond donors (Lipinski definition) is 1. The number of benzene rings is 3. The summed E-state index contributed by atoms with van der Waals surface area (Å²) in [7, 11) is 1.93. The van der Waals surface area contributed by atoms with Gasteiger partial charge in [-0.2, -0.15) is 0 Å². The van der Waals surface area contributed by atoms with Crippen LogP contribution >= 0.6 is 0 Å². The van der Waals surface area contributed by atoms with Crippen LogP contribution in [0, 0.1) is 0 Å². The van der Waals surface area contributed by atoms with Crippen LogP contribution in [-0.4, -0.2) is 7.05 Å². The molecular formula is C19H17N. The van der Waals surface area contributed by atoms with E-state index in [1.54, 1.807) is 0 Å². The summed E-state index contributed by atoms with van der Waals surface area (Å²) < 4.78 is 0. The molecule has 0 saturated carbocycles. The van der Waals surface area contributed by atoms with Gasteiger partial charge in [-0.25, -0.2) is 0 Å². The molecule has 98 valence electrons. The highest BCUT2D eigenvalue weighted by Gasteiger charge is 1.96. The molecule has 0 aliphatic carbocycles. The zero-order chi connectivity index (χ0) is 13.8. The van der Waals surface area contributed by atoms with Gasteiger partial charge >= 0.3 is 0 Å². The molecule has 0 bridgehead atoms. The number of rotatable bonds is 3. The van der Waals surface area contributed by atoms with Gasteiger partial charge < -0.3 is 5.32 Å². The first kappa shape index (κ1) is 12.5. The number of fused-ring (bicyclic) bond motifs is 1. The quantitative estimate of drug-likeness (QED) is 0.649. The van der Waals surface area contributed by atoms with Crippen LogP contribution in [0.5, 0.6) is 0 Å². The van der Waals surface area contributed by atoms with Gasteiger partial charge in [-0.15, -0.1) is 0 Å². The summed E-state index contributed by atoms with van der Waals surface area (Å²) in [6.07, 6.45) is 4.33. The van der Waals surface area contributed by atoms with E-state index in [0.717, 1.165) is 5.69 Å². The van der Waals surface area contributed by atoms with Crippen molar-refractivity contribution < 1.29 is 0 Å². The lowest BCUT2D eigenvalue weighted by Gasteiger charge is -2.02. The fourth-order valence-electron chi connectivity index (χ4n) is 2.34. The van der Waals surface area contributed by atoms with Crippen LogP contribution in [0.3, 0.4) is 0 Å². The van der Waals surface area contributed by atoms with Crippen LogP contribution in [0.4, 0.5) is 5.69 Å². The highest BCUT2D eigenvalue weighted by atomic mass is 14.8. The van der Waals surface area contributed by atoms with Crippen molar-refractivity contribution in [1.29, 1.82) is 0 Å². The predicted octanol–water partition coefficient (Wildman–Crippen LogP) is 5.05. The van der Waals surface area contributed by atoms with E-state index in [0.29, 0.717) is 0 Å². The third-order valence-corrected chi connectivity index (χ3v) is 3.48. The predicted molar refractivity (Wildman–Crippen MR) is 88.9 cm³/mol. The number of nitrogens with one attached hydrogen (secondary N) is 1. The molecule has 20 heavy (non-hydrogen) atoms. The maximum atomic E-state index is 3.13. The molecule has 1 nitrogen and oxygen atoms in total. The van der Waals surface area contributed by atoms with E-state index < -0.39 is 0 Å². The minimum atomic E-state index is 1.13. The summed E-state index contributed by atoms with van der Waals surface area (Å²) in [5.41, 5.74) is 3.59. The Kier molecular flexibility index (Phi) is 3.51. The van der Waals surface area contributed by atoms with Crippen molar-refractivity contribution in [3.63, 3.8) is 0 Å². The SMILES string of the molecule is CNc1ccc(C=Cc2cccc3ccccc23)cc1. The van der Waals surface area contributed by atoms with Crippen LogP contribution < -0.4 is 5.32 Å². The molecule has 3 rings (SSSR count). The van der Waals surface area contributed by atoms with Gasteiger partial charge in [-0.3, -0.25) is 0 Å². The van der Waals surface area contributed by atoms with Crippen molar-refractivity contribution in [2.24, 2.45) is 0 Å². The van der Waals surface area contributed by atoms with E-state index in [1.165, 1.54) is 21.9 Å². The van der Waals surface area contributed by atoms with Crippen LogP contribution in [0.1, 0.15) is 11.1 Å². The molecule has 0 atom stereocenters. The van der Waals surface area contributed by atoms with Gasteiger partial charge in [0.1, 0.15) is 0 Å². The van der Waals surface area contributed by atoms with Crippen LogP contribution in [-0.2, 0) is 0 Å². The van der Waals surface area contributed by atoms with Crippen LogP contribution in [0.15, 0.2) is 66.7 Å². The molecule has 0 fully saturated rings. The van der Waals surface area contributed by atoms with E-state index in [4.69, 9.17) is 0 Å². The topological polar surface area (TPSA) is 12.0 Å². The van der Waals surface area contributed by atoms with Gasteiger partial charge in [0.25, 0.3) is 0 Å². The Morgan fingerprint density at radius 3 is 2.30 bits per heavy atom. The smallest absolute Gasteiger partial charge is 0.0337 e. The third-order valence-electron chi connectivity index (χ3n) is 3.48. The average molecular weight is 259 g/mol. The van der Waals surface area contributed by atoms with Crippen molar-refractivity contribution in [2.75, 3.05) is 12.4 Å². The lowest BCUT2D eigenvalue weighted by molar-refractivity contribution is 1.51. The Bertz CT molecular complexity index is 734. The molecule has 0 aliphatic rings. The lowest BCUT2D eigenvalue weighted by atomic mass is 10.0. The Hall–Kier alpha value is -2.54. The summed E-state index contributed by atoms with van der Waals surface area (Å²) in [6.45, 7) is 0. The zero-order valence-corrected chi connectivity index (χ0v) is 11.5. The van der Waals surface area contributed by atoms with Crippen molar-refractivity contribution in [3.8, 4) is 0 Å². The molecule has 0 spiro atoms. The lowest BCUT2D eigenvalue weighted by Crippen LogP contribution is -1.86. The van der Waals surface area contributed by atoms with Crippen LogP contribution in [0.2, 0.25) is 0 Å². The van der Waals surface area contributed by atoms with Crippen molar-refractivity contribution in [1.82, 2.24) is 0 Å². The highest BCUT2D eigenvalue weighted by molar-refractivity contribution is 5.92. The first-order valence-corrected chi connectivity index (χ1v) is 6.80. The molecule has 0 radical (unpaired) electrons. The maximum Gasteiger partial charge on any atom is 0.0337 e. The second kappa shape index (κ2) is 5.62. The average Bonchev–Trinajstić information content (AvgIpc) is 2.53. The van der Waals surface area contributed by atoms with Gasteiger partial charge in [-0.05, 0) is 34.0 Å². The molecule has 0 amide bonds. The molecular weight excluding hydrogens is 242 g/mol. The Balaban J connectivity index is 1.93. The fourth-order valence-corrected chi connectivity index (χ4v) is 2.34. The second-order valence-electron chi connectivity index (χ2n) is 4.77. The fraction of sp³-hybridized carbons (Fsp3) is 0.0526. The minimum Gasteiger partial charge on any atom is -0.388 e. The van der Waals surface area contributed by atoms with Gasteiger partial charge in [0, 0.05) is 12.7 Å². The number of hydrogen-bond acceptors (Lipinski definition) is 1. The summed E-state index contributed by atoms with van der Waals surface area (Å²) >= 11 is 0. The van der Waals surface area contributed by atoms with Gasteiger partial charge in [-0.1, -0.05) is 66.7 Å². The molecule has 0 aliphatic heterocycles. The van der Waals surface area contributed by atoms with Crippen molar-refractivity contribution in [2.45, 2.75) is 0 Å². The molecule has 0 heterocycles. The summed E-state index contributed by atoms with van der Waals surface area (Å²) in [6, 6.07) is 23.3. The summed E-state index contributed by atoms with van der Waals surface area (Å²) in [4.78, 5) is 0. The van der Waals surface area contributed by atoms with E-state index in [1.807, 2.05) is 7.05 Å². The second-order valence-corrected chi connectivity index (χ2v) is 4.77. The first-order chi connectivity index (χ1) is 9.86. The van der Waals surface area contributed by atoms with Crippen molar-refractivity contribution in [3.05, 3.63) is 77.9 Å². The van der Waals surface area contributed by atoms with E-state index in [9.17, 15) is 0 Å². The Morgan fingerprint density at radius 2 is 1.50 bits per heavy atom. The normalized spacial score (nSPS) is 11.1. The van der Waals surface area contributed by atoms with Gasteiger partial charge in [0.2, 0.25) is 0 Å². The minimum absolute atomic E-state index is 1.13. The van der Waals surface area contributed by atoms with Crippen molar-refractivity contribution >= 4 is 28.6 Å². The maximum absolute atomic E-state index is 3.13.